The van der Waals surface area contributed by atoms with Crippen molar-refractivity contribution in [3.63, 3.8) is 0 Å². The highest BCUT2D eigenvalue weighted by molar-refractivity contribution is 7.89. The van der Waals surface area contributed by atoms with Gasteiger partial charge in [0.1, 0.15) is 23.2 Å². The number of aliphatic hydroxyl groups is 1. The first-order valence-corrected chi connectivity index (χ1v) is 14.9. The standard InChI is InChI=1S/C27H37N7O7S/c1-16-11-34(17(2)14-35)25(36)10-20-9-21(29-27(37)30-26-18(3)31-41-19(26)4)7-8-22(20)40-23(16)12-33(6)42(38,39)24-13-32(5)15-28-24/h7-9,13,15-17,23,35H,10-12,14H2,1-6H3,(H2,29,30,37)/t16-,17-,23-/m0/s1. The van der Waals surface area contributed by atoms with Gasteiger partial charge in [0.05, 0.1) is 31.9 Å². The minimum Gasteiger partial charge on any atom is -0.488 e. The van der Waals surface area contributed by atoms with E-state index in [9.17, 15) is 23.1 Å². The number of sulfonamides is 1. The Morgan fingerprint density at radius 1 is 1.29 bits per heavy atom. The smallest absolute Gasteiger partial charge is 0.323 e. The van der Waals surface area contributed by atoms with Crippen LogP contribution >= 0.6 is 0 Å². The van der Waals surface area contributed by atoms with Crippen molar-refractivity contribution in [2.75, 3.05) is 37.4 Å². The number of anilines is 2. The highest BCUT2D eigenvalue weighted by Gasteiger charge is 2.34. The zero-order chi connectivity index (χ0) is 30.8. The fourth-order valence-corrected chi connectivity index (χ4v) is 5.84. The van der Waals surface area contributed by atoms with Crippen LogP contribution < -0.4 is 15.4 Å². The minimum atomic E-state index is -3.91. The largest absolute Gasteiger partial charge is 0.488 e. The second-order valence-electron chi connectivity index (χ2n) is 10.7. The summed E-state index contributed by atoms with van der Waals surface area (Å²) >= 11 is 0. The maximum atomic E-state index is 13.4. The van der Waals surface area contributed by atoms with Gasteiger partial charge in [0.15, 0.2) is 10.8 Å². The van der Waals surface area contributed by atoms with E-state index in [-0.39, 0.29) is 43.0 Å². The van der Waals surface area contributed by atoms with E-state index in [1.807, 2.05) is 6.92 Å². The Hall–Kier alpha value is -3.95. The second-order valence-corrected chi connectivity index (χ2v) is 12.6. The summed E-state index contributed by atoms with van der Waals surface area (Å²) in [5.74, 6) is 0.304. The van der Waals surface area contributed by atoms with Gasteiger partial charge in [-0.1, -0.05) is 12.1 Å². The Kier molecular flexibility index (Phi) is 9.23. The van der Waals surface area contributed by atoms with Gasteiger partial charge in [-0.3, -0.25) is 4.79 Å². The number of aliphatic hydroxyl groups excluding tert-OH is 1. The number of nitrogens with zero attached hydrogens (tertiary/aromatic N) is 5. The van der Waals surface area contributed by atoms with Gasteiger partial charge in [-0.05, 0) is 39.0 Å². The molecule has 2 aromatic heterocycles. The van der Waals surface area contributed by atoms with E-state index >= 15 is 0 Å². The topological polar surface area (TPSA) is 172 Å². The molecular formula is C27H37N7O7S. The Balaban J connectivity index is 1.62. The normalized spacial score (nSPS) is 18.5. The lowest BCUT2D eigenvalue weighted by Gasteiger charge is -2.33. The summed E-state index contributed by atoms with van der Waals surface area (Å²) in [4.78, 5) is 31.7. The predicted octanol–water partition coefficient (Wildman–Crippen LogP) is 2.14. The number of hydrogen-bond acceptors (Lipinski definition) is 9. The second kappa shape index (κ2) is 12.5. The molecule has 1 aromatic carbocycles. The number of hydrogen-bond donors (Lipinski definition) is 3. The van der Waals surface area contributed by atoms with E-state index in [0.29, 0.717) is 34.1 Å². The van der Waals surface area contributed by atoms with Crippen molar-refractivity contribution in [3.8, 4) is 5.75 Å². The van der Waals surface area contributed by atoms with Gasteiger partial charge in [0.2, 0.25) is 5.91 Å². The van der Waals surface area contributed by atoms with Gasteiger partial charge in [-0.2, -0.15) is 4.31 Å². The molecule has 3 N–H and O–H groups in total. The van der Waals surface area contributed by atoms with Gasteiger partial charge < -0.3 is 34.5 Å². The van der Waals surface area contributed by atoms with E-state index in [1.54, 1.807) is 55.5 Å². The van der Waals surface area contributed by atoms with Gasteiger partial charge in [0.25, 0.3) is 10.0 Å². The fraction of sp³-hybridized carbons (Fsp3) is 0.481. The number of urea groups is 1. The molecule has 42 heavy (non-hydrogen) atoms. The van der Waals surface area contributed by atoms with E-state index in [0.717, 1.165) is 0 Å². The number of carbonyl (C=O) groups excluding carboxylic acids is 2. The number of ether oxygens (including phenoxy) is 1. The number of carbonyl (C=O) groups is 2. The van der Waals surface area contributed by atoms with Crippen molar-refractivity contribution in [2.24, 2.45) is 13.0 Å². The predicted molar refractivity (Wildman–Crippen MR) is 154 cm³/mol. The number of amides is 3. The first-order chi connectivity index (χ1) is 19.8. The summed E-state index contributed by atoms with van der Waals surface area (Å²) in [6.45, 7) is 6.98. The van der Waals surface area contributed by atoms with Crippen molar-refractivity contribution in [1.29, 1.82) is 0 Å². The Labute approximate surface area is 244 Å². The van der Waals surface area contributed by atoms with Crippen LogP contribution in [0.4, 0.5) is 16.2 Å². The SMILES string of the molecule is Cc1noc(C)c1NC(=O)Nc1ccc2c(c1)CC(=O)N([C@@H](C)CO)C[C@H](C)[C@H](CN(C)S(=O)(=O)c1cn(C)cn1)O2. The van der Waals surface area contributed by atoms with Crippen molar-refractivity contribution in [3.05, 3.63) is 47.7 Å². The summed E-state index contributed by atoms with van der Waals surface area (Å²) in [6.07, 6.45) is 2.13. The molecule has 15 heteroatoms. The molecule has 0 saturated heterocycles. The van der Waals surface area contributed by atoms with E-state index in [4.69, 9.17) is 9.26 Å². The third-order valence-electron chi connectivity index (χ3n) is 7.24. The number of benzene rings is 1. The molecule has 0 spiro atoms. The van der Waals surface area contributed by atoms with Crippen molar-refractivity contribution in [1.82, 2.24) is 23.9 Å². The molecular weight excluding hydrogens is 566 g/mol. The van der Waals surface area contributed by atoms with Gasteiger partial charge in [0, 0.05) is 44.0 Å². The Morgan fingerprint density at radius 3 is 2.64 bits per heavy atom. The van der Waals surface area contributed by atoms with Crippen molar-refractivity contribution in [2.45, 2.75) is 51.3 Å². The highest BCUT2D eigenvalue weighted by Crippen LogP contribution is 2.30. The molecule has 1 aliphatic heterocycles. The van der Waals surface area contributed by atoms with Crippen LogP contribution in [-0.2, 0) is 28.3 Å². The number of nitrogens with one attached hydrogen (secondary N) is 2. The van der Waals surface area contributed by atoms with Crippen LogP contribution in [0.2, 0.25) is 0 Å². The first kappa shape index (κ1) is 31.0. The third-order valence-corrected chi connectivity index (χ3v) is 8.95. The summed E-state index contributed by atoms with van der Waals surface area (Å²) in [5, 5.41) is 19.1. The van der Waals surface area contributed by atoms with E-state index in [1.165, 1.54) is 23.9 Å². The van der Waals surface area contributed by atoms with Crippen LogP contribution in [0.3, 0.4) is 0 Å². The zero-order valence-electron chi connectivity index (χ0n) is 24.5. The molecule has 3 amide bonds. The maximum Gasteiger partial charge on any atom is 0.323 e. The number of imidazole rings is 1. The Morgan fingerprint density at radius 2 is 2.02 bits per heavy atom. The molecule has 0 unspecified atom stereocenters. The molecule has 3 atom stereocenters. The number of aryl methyl sites for hydroxylation is 3. The molecule has 0 radical (unpaired) electrons. The average molecular weight is 604 g/mol. The lowest BCUT2D eigenvalue weighted by molar-refractivity contribution is -0.134. The average Bonchev–Trinajstić information content (AvgIpc) is 3.53. The molecule has 1 aliphatic rings. The van der Waals surface area contributed by atoms with Crippen LogP contribution in [0.15, 0.2) is 40.3 Å². The Bertz CT molecular complexity index is 1530. The van der Waals surface area contributed by atoms with Crippen LogP contribution in [0.25, 0.3) is 0 Å². The van der Waals surface area contributed by atoms with Crippen LogP contribution in [0.1, 0.15) is 30.9 Å². The van der Waals surface area contributed by atoms with Crippen LogP contribution in [0.5, 0.6) is 5.75 Å². The molecule has 4 rings (SSSR count). The summed E-state index contributed by atoms with van der Waals surface area (Å²) in [6, 6.07) is 3.93. The van der Waals surface area contributed by atoms with Gasteiger partial charge in [-0.15, -0.1) is 0 Å². The molecule has 0 aliphatic carbocycles. The van der Waals surface area contributed by atoms with Gasteiger partial charge >= 0.3 is 6.03 Å². The van der Waals surface area contributed by atoms with E-state index < -0.39 is 28.2 Å². The van der Waals surface area contributed by atoms with Crippen LogP contribution in [0, 0.1) is 19.8 Å². The number of aromatic nitrogens is 3. The summed E-state index contributed by atoms with van der Waals surface area (Å²) in [7, 11) is -0.766. The van der Waals surface area contributed by atoms with Crippen molar-refractivity contribution >= 4 is 33.3 Å². The summed E-state index contributed by atoms with van der Waals surface area (Å²) < 4.78 is 40.6. The molecule has 0 bridgehead atoms. The third kappa shape index (κ3) is 6.74. The highest BCUT2D eigenvalue weighted by atomic mass is 32.2. The van der Waals surface area contributed by atoms with Gasteiger partial charge in [-0.25, -0.2) is 18.2 Å². The van der Waals surface area contributed by atoms with E-state index in [2.05, 4.69) is 20.8 Å². The zero-order valence-corrected chi connectivity index (χ0v) is 25.3. The number of rotatable bonds is 8. The number of likely N-dealkylation sites (N-methyl/N-ethyl adjacent to an activating group) is 1. The summed E-state index contributed by atoms with van der Waals surface area (Å²) in [5.41, 5.74) is 1.91. The first-order valence-electron chi connectivity index (χ1n) is 13.4. The molecule has 0 saturated carbocycles. The molecule has 0 fully saturated rings. The van der Waals surface area contributed by atoms with Crippen molar-refractivity contribution < 1.29 is 32.4 Å². The number of fused-ring (bicyclic) bond motifs is 1. The molecule has 228 valence electrons. The minimum absolute atomic E-state index is 0.0190. The fourth-order valence-electron chi connectivity index (χ4n) is 4.70. The van der Waals surface area contributed by atoms with Crippen LogP contribution in [-0.4, -0.2) is 88.3 Å². The lowest BCUT2D eigenvalue weighted by atomic mass is 10.0. The lowest BCUT2D eigenvalue weighted by Crippen LogP contribution is -2.48. The molecule has 3 heterocycles. The monoisotopic (exact) mass is 603 g/mol. The maximum absolute atomic E-state index is 13.4. The molecule has 14 nitrogen and oxygen atoms in total. The quantitative estimate of drug-likeness (QED) is 0.349. The molecule has 3 aromatic rings.